The van der Waals surface area contributed by atoms with Crippen molar-refractivity contribution in [2.75, 3.05) is 5.32 Å². The third kappa shape index (κ3) is 4.74. The van der Waals surface area contributed by atoms with Crippen LogP contribution in [-0.2, 0) is 7.05 Å². The molecule has 1 amide bonds. The third-order valence-corrected chi connectivity index (χ3v) is 3.39. The average molecular weight is 435 g/mol. The van der Waals surface area contributed by atoms with Crippen molar-refractivity contribution in [3.05, 3.63) is 41.5 Å². The van der Waals surface area contributed by atoms with Crippen LogP contribution in [0.5, 0.6) is 5.75 Å². The van der Waals surface area contributed by atoms with Crippen LogP contribution >= 0.6 is 0 Å². The first-order valence-electron chi connectivity index (χ1n) is 7.42. The second kappa shape index (κ2) is 7.83. The number of alkyl halides is 8. The first-order valence-corrected chi connectivity index (χ1v) is 7.42. The van der Waals surface area contributed by atoms with Crippen LogP contribution in [0.25, 0.3) is 0 Å². The van der Waals surface area contributed by atoms with E-state index in [1.807, 2.05) is 5.32 Å². The molecule has 1 aromatic carbocycles. The Morgan fingerprint density at radius 3 is 2.34 bits per heavy atom. The number of ether oxygens (including phenoxy) is 1. The van der Waals surface area contributed by atoms with Gasteiger partial charge in [-0.3, -0.25) is 9.48 Å². The van der Waals surface area contributed by atoms with E-state index in [9.17, 15) is 44.3 Å². The number of nitrogens with one attached hydrogen (secondary N) is 1. The minimum Gasteiger partial charge on any atom is -0.452 e. The van der Waals surface area contributed by atoms with Crippen molar-refractivity contribution in [2.24, 2.45) is 7.05 Å². The molecule has 0 bridgehead atoms. The fraction of sp³-hybridized carbons (Fsp3) is 0.333. The second-order valence-electron chi connectivity index (χ2n) is 5.55. The van der Waals surface area contributed by atoms with Crippen LogP contribution in [0.2, 0.25) is 0 Å². The van der Waals surface area contributed by atoms with Crippen LogP contribution < -0.4 is 10.1 Å². The van der Waals surface area contributed by atoms with Crippen molar-refractivity contribution in [1.29, 1.82) is 0 Å². The van der Waals surface area contributed by atoms with Gasteiger partial charge in [-0.2, -0.15) is 31.4 Å². The molecule has 1 heterocycles. The first kappa shape index (κ1) is 22.4. The zero-order valence-electron chi connectivity index (χ0n) is 14.1. The zero-order valence-corrected chi connectivity index (χ0v) is 14.1. The van der Waals surface area contributed by atoms with Gasteiger partial charge in [0.15, 0.2) is 0 Å². The van der Waals surface area contributed by atoms with Crippen molar-refractivity contribution >= 4 is 11.6 Å². The molecule has 0 fully saturated rings. The summed E-state index contributed by atoms with van der Waals surface area (Å²) in [5.74, 6) is -9.71. The van der Waals surface area contributed by atoms with Crippen LogP contribution in [0.15, 0.2) is 24.4 Å². The largest absolute Gasteiger partial charge is 0.460 e. The predicted molar refractivity (Wildman–Crippen MR) is 79.0 cm³/mol. The van der Waals surface area contributed by atoms with Crippen LogP contribution in [-0.4, -0.2) is 34.1 Å². The molecule has 0 spiro atoms. The van der Waals surface area contributed by atoms with Gasteiger partial charge in [0.05, 0.1) is 11.3 Å². The van der Waals surface area contributed by atoms with Gasteiger partial charge in [-0.15, -0.1) is 0 Å². The maximum absolute atomic E-state index is 13.5. The Morgan fingerprint density at radius 1 is 1.17 bits per heavy atom. The fourth-order valence-electron chi connectivity index (χ4n) is 2.04. The lowest BCUT2D eigenvalue weighted by Crippen LogP contribution is -2.47. The summed E-state index contributed by atoms with van der Waals surface area (Å²) in [5.41, 5.74) is -2.38. The highest BCUT2D eigenvalue weighted by molar-refractivity contribution is 6.05. The van der Waals surface area contributed by atoms with Gasteiger partial charge >= 0.3 is 18.5 Å². The lowest BCUT2D eigenvalue weighted by atomic mass is 10.2. The van der Waals surface area contributed by atoms with Crippen LogP contribution in [0.1, 0.15) is 22.5 Å². The van der Waals surface area contributed by atoms with E-state index in [0.717, 1.165) is 10.9 Å². The number of benzene rings is 1. The molecule has 160 valence electrons. The van der Waals surface area contributed by atoms with Gasteiger partial charge < -0.3 is 10.1 Å². The molecule has 1 atom stereocenters. The SMILES string of the molecule is Cn1cc(C(=O)Nc2ccc(F)cc2OC(F)C(F)(F)C(F)(F)F)c(C(F)F)n1. The molecular weight excluding hydrogens is 425 g/mol. The number of halogens is 9. The van der Waals surface area contributed by atoms with Gasteiger partial charge in [-0.1, -0.05) is 0 Å². The summed E-state index contributed by atoms with van der Waals surface area (Å²) >= 11 is 0. The summed E-state index contributed by atoms with van der Waals surface area (Å²) in [4.78, 5) is 12.2. The molecular formula is C15H10F9N3O2. The number of aromatic nitrogens is 2. The highest BCUT2D eigenvalue weighted by Gasteiger charge is 2.65. The number of carbonyl (C=O) groups excluding carboxylic acids is 1. The van der Waals surface area contributed by atoms with Crippen LogP contribution in [0, 0.1) is 5.82 Å². The number of nitrogens with zero attached hydrogens (tertiary/aromatic N) is 2. The summed E-state index contributed by atoms with van der Waals surface area (Å²) in [6.07, 6.45) is -12.9. The Hall–Kier alpha value is -2.93. The summed E-state index contributed by atoms with van der Waals surface area (Å²) in [5, 5.41) is 5.20. The van der Waals surface area contributed by atoms with Crippen molar-refractivity contribution in [2.45, 2.75) is 24.9 Å². The fourth-order valence-corrected chi connectivity index (χ4v) is 2.04. The van der Waals surface area contributed by atoms with E-state index in [1.165, 1.54) is 7.05 Å². The normalized spacial score (nSPS) is 13.5. The van der Waals surface area contributed by atoms with Crippen LogP contribution in [0.4, 0.5) is 45.2 Å². The third-order valence-electron chi connectivity index (χ3n) is 3.39. The van der Waals surface area contributed by atoms with Gasteiger partial charge in [0.2, 0.25) is 0 Å². The summed E-state index contributed by atoms with van der Waals surface area (Å²) in [7, 11) is 1.21. The van der Waals surface area contributed by atoms with Crippen molar-refractivity contribution < 1.29 is 49.0 Å². The van der Waals surface area contributed by atoms with E-state index in [0.29, 0.717) is 12.1 Å². The first-order chi connectivity index (χ1) is 13.2. The number of carbonyl (C=O) groups is 1. The lowest BCUT2D eigenvalue weighted by Gasteiger charge is -2.24. The van der Waals surface area contributed by atoms with E-state index in [-0.39, 0.29) is 6.07 Å². The molecule has 0 aliphatic heterocycles. The number of anilines is 1. The molecule has 0 aliphatic carbocycles. The molecule has 2 aromatic rings. The number of amides is 1. The second-order valence-corrected chi connectivity index (χ2v) is 5.55. The Bertz CT molecular complexity index is 896. The maximum atomic E-state index is 13.5. The number of rotatable bonds is 6. The van der Waals surface area contributed by atoms with E-state index in [4.69, 9.17) is 0 Å². The standard InChI is InChI=1S/C15H10F9N3O2/c1-27-5-7(10(26-27)11(17)18)12(28)25-8-3-2-6(16)4-9(8)29-13(19)14(20,21)15(22,23)24/h2-5,11,13H,1H3,(H,25,28). The predicted octanol–water partition coefficient (Wildman–Crippen LogP) is 4.62. The molecule has 14 heteroatoms. The monoisotopic (exact) mass is 435 g/mol. The van der Waals surface area contributed by atoms with Gasteiger partial charge in [0, 0.05) is 19.3 Å². The molecule has 0 saturated carbocycles. The smallest absolute Gasteiger partial charge is 0.452 e. The Kier molecular flexibility index (Phi) is 6.04. The molecule has 1 aromatic heterocycles. The Morgan fingerprint density at radius 2 is 1.79 bits per heavy atom. The molecule has 1 N–H and O–H groups in total. The highest BCUT2D eigenvalue weighted by Crippen LogP contribution is 2.41. The average Bonchev–Trinajstić information content (AvgIpc) is 2.98. The van der Waals surface area contributed by atoms with Crippen LogP contribution in [0.3, 0.4) is 0 Å². The summed E-state index contributed by atoms with van der Waals surface area (Å²) in [6, 6.07) is 1.51. The molecule has 5 nitrogen and oxygen atoms in total. The van der Waals surface area contributed by atoms with E-state index in [2.05, 4.69) is 9.84 Å². The molecule has 1 unspecified atom stereocenters. The van der Waals surface area contributed by atoms with Gasteiger partial charge in [0.25, 0.3) is 12.3 Å². The number of aryl methyl sites for hydroxylation is 1. The number of hydrogen-bond donors (Lipinski definition) is 1. The molecule has 0 saturated heterocycles. The van der Waals surface area contributed by atoms with E-state index < -0.39 is 59.3 Å². The Labute approximate surface area is 156 Å². The molecule has 0 aliphatic rings. The minimum absolute atomic E-state index is 0.228. The summed E-state index contributed by atoms with van der Waals surface area (Å²) in [6.45, 7) is 0. The van der Waals surface area contributed by atoms with Crippen molar-refractivity contribution in [3.8, 4) is 5.75 Å². The quantitative estimate of drug-likeness (QED) is 0.674. The van der Waals surface area contributed by atoms with Crippen molar-refractivity contribution in [3.63, 3.8) is 0 Å². The maximum Gasteiger partial charge on any atom is 0.460 e. The van der Waals surface area contributed by atoms with Gasteiger partial charge in [0.1, 0.15) is 17.3 Å². The topological polar surface area (TPSA) is 56.2 Å². The summed E-state index contributed by atoms with van der Waals surface area (Å²) < 4.78 is 120. The Balaban J connectivity index is 2.33. The number of hydrogen-bond acceptors (Lipinski definition) is 3. The zero-order chi connectivity index (χ0) is 22.1. The highest BCUT2D eigenvalue weighted by atomic mass is 19.4. The molecule has 2 rings (SSSR count). The molecule has 29 heavy (non-hydrogen) atoms. The molecule has 0 radical (unpaired) electrons. The van der Waals surface area contributed by atoms with Gasteiger partial charge in [-0.05, 0) is 12.1 Å². The lowest BCUT2D eigenvalue weighted by molar-refractivity contribution is -0.328. The van der Waals surface area contributed by atoms with Gasteiger partial charge in [-0.25, -0.2) is 13.2 Å². The van der Waals surface area contributed by atoms with Crippen molar-refractivity contribution in [1.82, 2.24) is 9.78 Å². The van der Waals surface area contributed by atoms with E-state index >= 15 is 0 Å². The van der Waals surface area contributed by atoms with E-state index in [1.54, 1.807) is 0 Å². The minimum atomic E-state index is -6.31.